The Morgan fingerprint density at radius 1 is 1.40 bits per heavy atom. The van der Waals surface area contributed by atoms with Crippen LogP contribution in [0.1, 0.15) is 24.3 Å². The van der Waals surface area contributed by atoms with Gasteiger partial charge < -0.3 is 10.6 Å². The standard InChI is InChI=1S/C11H16FN3/c1-15-6-4-8(5-7-15)9-2-3-10(13)14-11(9)12/h2-3,8H,4-7H2,1H3,(H2,13,14). The second-order valence-electron chi connectivity index (χ2n) is 4.19. The number of nitrogens with two attached hydrogens (primary N) is 1. The van der Waals surface area contributed by atoms with Crippen LogP contribution in [0.5, 0.6) is 0 Å². The molecular formula is C11H16FN3. The van der Waals surface area contributed by atoms with Gasteiger partial charge in [-0.3, -0.25) is 0 Å². The zero-order valence-corrected chi connectivity index (χ0v) is 8.91. The molecule has 1 aromatic rings. The highest BCUT2D eigenvalue weighted by atomic mass is 19.1. The average molecular weight is 209 g/mol. The molecule has 0 amide bonds. The fourth-order valence-corrected chi connectivity index (χ4v) is 2.08. The fraction of sp³-hybridized carbons (Fsp3) is 0.545. The monoisotopic (exact) mass is 209 g/mol. The first-order valence-corrected chi connectivity index (χ1v) is 5.27. The number of aromatic nitrogens is 1. The van der Waals surface area contributed by atoms with Gasteiger partial charge in [-0.1, -0.05) is 6.07 Å². The maximum atomic E-state index is 13.5. The van der Waals surface area contributed by atoms with E-state index in [4.69, 9.17) is 5.73 Å². The Morgan fingerprint density at radius 2 is 2.07 bits per heavy atom. The maximum Gasteiger partial charge on any atom is 0.218 e. The number of likely N-dealkylation sites (tertiary alicyclic amines) is 1. The van der Waals surface area contributed by atoms with Gasteiger partial charge in [0, 0.05) is 5.56 Å². The summed E-state index contributed by atoms with van der Waals surface area (Å²) in [6.07, 6.45) is 2.00. The molecule has 2 N–H and O–H groups in total. The summed E-state index contributed by atoms with van der Waals surface area (Å²) in [5.41, 5.74) is 6.14. The molecule has 0 unspecified atom stereocenters. The Kier molecular flexibility index (Phi) is 2.86. The maximum absolute atomic E-state index is 13.5. The lowest BCUT2D eigenvalue weighted by atomic mass is 9.90. The highest BCUT2D eigenvalue weighted by Crippen LogP contribution is 2.28. The van der Waals surface area contributed by atoms with Crippen LogP contribution in [0, 0.1) is 5.95 Å². The summed E-state index contributed by atoms with van der Waals surface area (Å²) < 4.78 is 13.5. The minimum Gasteiger partial charge on any atom is -0.384 e. The fourth-order valence-electron chi connectivity index (χ4n) is 2.08. The smallest absolute Gasteiger partial charge is 0.218 e. The van der Waals surface area contributed by atoms with Crippen molar-refractivity contribution in [3.8, 4) is 0 Å². The Morgan fingerprint density at radius 3 is 2.67 bits per heavy atom. The molecule has 4 heteroatoms. The SMILES string of the molecule is CN1CCC(c2ccc(N)nc2F)CC1. The van der Waals surface area contributed by atoms with E-state index < -0.39 is 5.95 Å². The Hall–Kier alpha value is -1.16. The Labute approximate surface area is 89.1 Å². The van der Waals surface area contributed by atoms with Gasteiger partial charge in [-0.25, -0.2) is 4.98 Å². The van der Waals surface area contributed by atoms with E-state index in [0.717, 1.165) is 31.5 Å². The normalized spacial score (nSPS) is 19.3. The molecule has 0 radical (unpaired) electrons. The van der Waals surface area contributed by atoms with Crippen molar-refractivity contribution in [2.45, 2.75) is 18.8 Å². The molecule has 0 atom stereocenters. The Balaban J connectivity index is 2.15. The Bertz CT molecular complexity index is 346. The van der Waals surface area contributed by atoms with Gasteiger partial charge in [-0.2, -0.15) is 4.39 Å². The highest BCUT2D eigenvalue weighted by molar-refractivity contribution is 5.31. The van der Waals surface area contributed by atoms with Crippen molar-refractivity contribution in [1.29, 1.82) is 0 Å². The van der Waals surface area contributed by atoms with E-state index >= 15 is 0 Å². The van der Waals surface area contributed by atoms with Gasteiger partial charge in [0.05, 0.1) is 0 Å². The van der Waals surface area contributed by atoms with E-state index in [0.29, 0.717) is 5.92 Å². The molecule has 2 rings (SSSR count). The second-order valence-corrected chi connectivity index (χ2v) is 4.19. The molecule has 0 aromatic carbocycles. The van der Waals surface area contributed by atoms with Crippen LogP contribution in [0.25, 0.3) is 0 Å². The molecule has 82 valence electrons. The molecular weight excluding hydrogens is 193 g/mol. The van der Waals surface area contributed by atoms with Gasteiger partial charge in [0.1, 0.15) is 5.82 Å². The summed E-state index contributed by atoms with van der Waals surface area (Å²) >= 11 is 0. The predicted molar refractivity (Wildman–Crippen MR) is 58.1 cm³/mol. The minimum atomic E-state index is -0.399. The molecule has 2 heterocycles. The summed E-state index contributed by atoms with van der Waals surface area (Å²) in [6.45, 7) is 2.04. The summed E-state index contributed by atoms with van der Waals surface area (Å²) in [5.74, 6) is 0.156. The molecule has 1 fully saturated rings. The van der Waals surface area contributed by atoms with Gasteiger partial charge in [0.2, 0.25) is 5.95 Å². The van der Waals surface area contributed by atoms with E-state index in [1.807, 2.05) is 0 Å². The lowest BCUT2D eigenvalue weighted by molar-refractivity contribution is 0.252. The molecule has 1 saturated heterocycles. The molecule has 1 aliphatic heterocycles. The molecule has 0 aliphatic carbocycles. The first-order chi connectivity index (χ1) is 7.16. The molecule has 1 aromatic heterocycles. The first-order valence-electron chi connectivity index (χ1n) is 5.27. The third-order valence-corrected chi connectivity index (χ3v) is 3.06. The molecule has 15 heavy (non-hydrogen) atoms. The van der Waals surface area contributed by atoms with Crippen molar-refractivity contribution in [2.24, 2.45) is 0 Å². The van der Waals surface area contributed by atoms with Crippen molar-refractivity contribution in [1.82, 2.24) is 9.88 Å². The van der Waals surface area contributed by atoms with Crippen LogP contribution in [0.15, 0.2) is 12.1 Å². The van der Waals surface area contributed by atoms with Gasteiger partial charge >= 0.3 is 0 Å². The summed E-state index contributed by atoms with van der Waals surface area (Å²) in [6, 6.07) is 3.45. The molecule has 0 saturated carbocycles. The number of piperidine rings is 1. The van der Waals surface area contributed by atoms with Crippen molar-refractivity contribution in [3.63, 3.8) is 0 Å². The largest absolute Gasteiger partial charge is 0.384 e. The third kappa shape index (κ3) is 2.26. The van der Waals surface area contributed by atoms with Crippen molar-refractivity contribution in [3.05, 3.63) is 23.6 Å². The number of nitrogens with zero attached hydrogens (tertiary/aromatic N) is 2. The number of hydrogen-bond donors (Lipinski definition) is 1. The lowest BCUT2D eigenvalue weighted by Crippen LogP contribution is -2.29. The molecule has 0 bridgehead atoms. The van der Waals surface area contributed by atoms with E-state index in [1.54, 1.807) is 12.1 Å². The van der Waals surface area contributed by atoms with Crippen LogP contribution in [0.2, 0.25) is 0 Å². The first kappa shape index (κ1) is 10.4. The predicted octanol–water partition coefficient (Wildman–Crippen LogP) is 1.61. The van der Waals surface area contributed by atoms with Crippen LogP contribution in [0.3, 0.4) is 0 Å². The second kappa shape index (κ2) is 4.14. The zero-order chi connectivity index (χ0) is 10.8. The summed E-state index contributed by atoms with van der Waals surface area (Å²) in [4.78, 5) is 5.93. The molecule has 1 aliphatic rings. The van der Waals surface area contributed by atoms with Crippen LogP contribution in [0.4, 0.5) is 10.2 Å². The zero-order valence-electron chi connectivity index (χ0n) is 8.91. The quantitative estimate of drug-likeness (QED) is 0.714. The number of pyridine rings is 1. The van der Waals surface area contributed by atoms with Crippen LogP contribution >= 0.6 is 0 Å². The number of hydrogen-bond acceptors (Lipinski definition) is 3. The number of rotatable bonds is 1. The van der Waals surface area contributed by atoms with Gasteiger partial charge in [0.25, 0.3) is 0 Å². The number of anilines is 1. The van der Waals surface area contributed by atoms with E-state index in [2.05, 4.69) is 16.9 Å². The average Bonchev–Trinajstić information content (AvgIpc) is 2.20. The summed E-state index contributed by atoms with van der Waals surface area (Å²) in [5, 5.41) is 0. The molecule has 3 nitrogen and oxygen atoms in total. The minimum absolute atomic E-state index is 0.254. The highest BCUT2D eigenvalue weighted by Gasteiger charge is 2.21. The van der Waals surface area contributed by atoms with Gasteiger partial charge in [-0.15, -0.1) is 0 Å². The number of nitrogen functional groups attached to an aromatic ring is 1. The third-order valence-electron chi connectivity index (χ3n) is 3.06. The van der Waals surface area contributed by atoms with Crippen LogP contribution in [-0.4, -0.2) is 30.0 Å². The van der Waals surface area contributed by atoms with Crippen molar-refractivity contribution < 1.29 is 4.39 Å². The van der Waals surface area contributed by atoms with E-state index in [-0.39, 0.29) is 5.82 Å². The van der Waals surface area contributed by atoms with E-state index in [1.165, 1.54) is 0 Å². The topological polar surface area (TPSA) is 42.1 Å². The lowest BCUT2D eigenvalue weighted by Gasteiger charge is -2.29. The van der Waals surface area contributed by atoms with E-state index in [9.17, 15) is 4.39 Å². The van der Waals surface area contributed by atoms with Gasteiger partial charge in [-0.05, 0) is 45.0 Å². The number of halogens is 1. The summed E-state index contributed by atoms with van der Waals surface area (Å²) in [7, 11) is 2.09. The van der Waals surface area contributed by atoms with Crippen LogP contribution in [-0.2, 0) is 0 Å². The van der Waals surface area contributed by atoms with Crippen molar-refractivity contribution in [2.75, 3.05) is 25.9 Å². The molecule has 0 spiro atoms. The van der Waals surface area contributed by atoms with Gasteiger partial charge in [0.15, 0.2) is 0 Å². The van der Waals surface area contributed by atoms with Crippen LogP contribution < -0.4 is 5.73 Å². The van der Waals surface area contributed by atoms with Crippen molar-refractivity contribution >= 4 is 5.82 Å².